The van der Waals surface area contributed by atoms with Gasteiger partial charge in [-0.25, -0.2) is 4.39 Å². The van der Waals surface area contributed by atoms with Gasteiger partial charge in [-0.05, 0) is 38.5 Å². The summed E-state index contributed by atoms with van der Waals surface area (Å²) in [6.07, 6.45) is -0.131. The van der Waals surface area contributed by atoms with Crippen LogP contribution in [-0.2, 0) is 4.79 Å². The van der Waals surface area contributed by atoms with Crippen molar-refractivity contribution in [2.24, 2.45) is 0 Å². The van der Waals surface area contributed by atoms with E-state index in [1.54, 1.807) is 26.8 Å². The van der Waals surface area contributed by atoms with Crippen molar-refractivity contribution in [2.75, 3.05) is 6.54 Å². The summed E-state index contributed by atoms with van der Waals surface area (Å²) >= 11 is 0. The molecule has 1 amide bonds. The number of carboxylic acids is 1. The number of aryl methyl sites for hydroxylation is 1. The highest BCUT2D eigenvalue weighted by molar-refractivity contribution is 5.94. The molecule has 0 radical (unpaired) electrons. The van der Waals surface area contributed by atoms with Crippen LogP contribution in [0, 0.1) is 12.7 Å². The first kappa shape index (κ1) is 15.1. The molecule has 1 N–H and O–H groups in total. The number of carbonyl (C=O) groups is 2. The lowest BCUT2D eigenvalue weighted by Crippen LogP contribution is -2.39. The van der Waals surface area contributed by atoms with Crippen LogP contribution < -0.4 is 0 Å². The SMILES string of the molecule is CCN(C(=O)c1ccc(C)c(F)c1)C(C)CC(=O)O. The molecule has 0 fully saturated rings. The van der Waals surface area contributed by atoms with Crippen LogP contribution in [-0.4, -0.2) is 34.5 Å². The third kappa shape index (κ3) is 3.77. The molecule has 0 bridgehead atoms. The molecule has 0 aliphatic rings. The Labute approximate surface area is 111 Å². The fourth-order valence-electron chi connectivity index (χ4n) is 1.91. The minimum Gasteiger partial charge on any atom is -0.481 e. The largest absolute Gasteiger partial charge is 0.481 e. The van der Waals surface area contributed by atoms with Crippen molar-refractivity contribution in [3.05, 3.63) is 35.1 Å². The van der Waals surface area contributed by atoms with Crippen LogP contribution in [0.15, 0.2) is 18.2 Å². The van der Waals surface area contributed by atoms with Crippen molar-refractivity contribution >= 4 is 11.9 Å². The van der Waals surface area contributed by atoms with E-state index >= 15 is 0 Å². The molecule has 4 nitrogen and oxygen atoms in total. The van der Waals surface area contributed by atoms with Crippen molar-refractivity contribution < 1.29 is 19.1 Å². The van der Waals surface area contributed by atoms with Crippen LogP contribution in [0.5, 0.6) is 0 Å². The first-order chi connectivity index (χ1) is 8.86. The average Bonchev–Trinajstić information content (AvgIpc) is 2.32. The molecule has 0 aromatic heterocycles. The van der Waals surface area contributed by atoms with Crippen LogP contribution >= 0.6 is 0 Å². The van der Waals surface area contributed by atoms with Gasteiger partial charge in [-0.2, -0.15) is 0 Å². The summed E-state index contributed by atoms with van der Waals surface area (Å²) in [6, 6.07) is 3.85. The number of amides is 1. The smallest absolute Gasteiger partial charge is 0.305 e. The molecule has 0 spiro atoms. The van der Waals surface area contributed by atoms with Gasteiger partial charge in [0.25, 0.3) is 5.91 Å². The average molecular weight is 267 g/mol. The molecular weight excluding hydrogens is 249 g/mol. The minimum atomic E-state index is -0.964. The fourth-order valence-corrected chi connectivity index (χ4v) is 1.91. The first-order valence-corrected chi connectivity index (χ1v) is 6.15. The van der Waals surface area contributed by atoms with E-state index in [1.807, 2.05) is 0 Å². The van der Waals surface area contributed by atoms with Crippen molar-refractivity contribution in [1.82, 2.24) is 4.90 Å². The van der Waals surface area contributed by atoms with Crippen molar-refractivity contribution in [3.8, 4) is 0 Å². The zero-order chi connectivity index (χ0) is 14.6. The quantitative estimate of drug-likeness (QED) is 0.891. The van der Waals surface area contributed by atoms with Crippen LogP contribution in [0.4, 0.5) is 4.39 Å². The number of aliphatic carboxylic acids is 1. The summed E-state index contributed by atoms with van der Waals surface area (Å²) < 4.78 is 13.5. The lowest BCUT2D eigenvalue weighted by Gasteiger charge is -2.27. The molecule has 0 saturated carbocycles. The summed E-state index contributed by atoms with van der Waals surface area (Å²) in [4.78, 5) is 24.3. The van der Waals surface area contributed by atoms with Crippen LogP contribution in [0.1, 0.15) is 36.2 Å². The van der Waals surface area contributed by atoms with Gasteiger partial charge in [0, 0.05) is 18.2 Å². The van der Waals surface area contributed by atoms with E-state index in [9.17, 15) is 14.0 Å². The maximum absolute atomic E-state index is 13.5. The Balaban J connectivity index is 2.94. The number of hydrogen-bond donors (Lipinski definition) is 1. The molecule has 19 heavy (non-hydrogen) atoms. The van der Waals surface area contributed by atoms with E-state index < -0.39 is 17.8 Å². The van der Waals surface area contributed by atoms with Gasteiger partial charge in [-0.1, -0.05) is 6.07 Å². The lowest BCUT2D eigenvalue weighted by molar-refractivity contribution is -0.138. The van der Waals surface area contributed by atoms with Crippen molar-refractivity contribution in [2.45, 2.75) is 33.2 Å². The topological polar surface area (TPSA) is 57.6 Å². The van der Waals surface area contributed by atoms with E-state index in [4.69, 9.17) is 5.11 Å². The van der Waals surface area contributed by atoms with Crippen molar-refractivity contribution in [1.29, 1.82) is 0 Å². The Morgan fingerprint density at radius 1 is 1.42 bits per heavy atom. The molecule has 1 aromatic rings. The molecule has 0 heterocycles. The normalized spacial score (nSPS) is 12.0. The number of hydrogen-bond acceptors (Lipinski definition) is 2. The first-order valence-electron chi connectivity index (χ1n) is 6.15. The van der Waals surface area contributed by atoms with Crippen LogP contribution in [0.2, 0.25) is 0 Å². The van der Waals surface area contributed by atoms with Crippen LogP contribution in [0.3, 0.4) is 0 Å². The number of rotatable bonds is 5. The number of carboxylic acid groups (broad SMARTS) is 1. The molecule has 5 heteroatoms. The van der Waals surface area contributed by atoms with E-state index in [0.29, 0.717) is 12.1 Å². The lowest BCUT2D eigenvalue weighted by atomic mass is 10.1. The number of benzene rings is 1. The molecule has 1 unspecified atom stereocenters. The van der Waals surface area contributed by atoms with Gasteiger partial charge in [0.15, 0.2) is 0 Å². The zero-order valence-corrected chi connectivity index (χ0v) is 11.3. The summed E-state index contributed by atoms with van der Waals surface area (Å²) in [5, 5.41) is 8.76. The second kappa shape index (κ2) is 6.31. The maximum atomic E-state index is 13.5. The predicted octanol–water partition coefficient (Wildman–Crippen LogP) is 2.46. The molecular formula is C14H18FNO3. The number of nitrogens with zero attached hydrogens (tertiary/aromatic N) is 1. The summed E-state index contributed by atoms with van der Waals surface area (Å²) in [6.45, 7) is 5.43. The van der Waals surface area contributed by atoms with E-state index in [1.165, 1.54) is 17.0 Å². The highest BCUT2D eigenvalue weighted by Gasteiger charge is 2.22. The van der Waals surface area contributed by atoms with Gasteiger partial charge in [0.2, 0.25) is 0 Å². The number of halogens is 1. The molecule has 1 rings (SSSR count). The Morgan fingerprint density at radius 3 is 2.53 bits per heavy atom. The molecule has 0 aliphatic carbocycles. The van der Waals surface area contributed by atoms with E-state index in [0.717, 1.165) is 0 Å². The molecule has 0 saturated heterocycles. The summed E-state index contributed by atoms with van der Waals surface area (Å²) in [7, 11) is 0. The van der Waals surface area contributed by atoms with Gasteiger partial charge < -0.3 is 10.0 Å². The standard InChI is InChI=1S/C14H18FNO3/c1-4-16(10(3)7-13(17)18)14(19)11-6-5-9(2)12(15)8-11/h5-6,8,10H,4,7H2,1-3H3,(H,17,18). The van der Waals surface area contributed by atoms with Crippen LogP contribution in [0.25, 0.3) is 0 Å². The van der Waals surface area contributed by atoms with Gasteiger partial charge in [0.1, 0.15) is 5.82 Å². The molecule has 104 valence electrons. The Kier molecular flexibility index (Phi) is 5.03. The summed E-state index contributed by atoms with van der Waals surface area (Å²) in [5.41, 5.74) is 0.709. The second-order valence-corrected chi connectivity index (χ2v) is 4.50. The zero-order valence-electron chi connectivity index (χ0n) is 11.3. The van der Waals surface area contributed by atoms with Gasteiger partial charge in [-0.3, -0.25) is 9.59 Å². The molecule has 1 atom stereocenters. The van der Waals surface area contributed by atoms with E-state index in [2.05, 4.69) is 0 Å². The second-order valence-electron chi connectivity index (χ2n) is 4.50. The summed E-state index contributed by atoms with van der Waals surface area (Å²) in [5.74, 6) is -1.75. The van der Waals surface area contributed by atoms with Gasteiger partial charge >= 0.3 is 5.97 Å². The molecule has 1 aromatic carbocycles. The van der Waals surface area contributed by atoms with Gasteiger partial charge in [0.05, 0.1) is 6.42 Å². The maximum Gasteiger partial charge on any atom is 0.305 e. The fraction of sp³-hybridized carbons (Fsp3) is 0.429. The Bertz CT molecular complexity index is 488. The third-order valence-electron chi connectivity index (χ3n) is 3.02. The van der Waals surface area contributed by atoms with E-state index in [-0.39, 0.29) is 17.9 Å². The highest BCUT2D eigenvalue weighted by Crippen LogP contribution is 2.14. The minimum absolute atomic E-state index is 0.131. The highest BCUT2D eigenvalue weighted by atomic mass is 19.1. The number of carbonyl (C=O) groups excluding carboxylic acids is 1. The third-order valence-corrected chi connectivity index (χ3v) is 3.02. The van der Waals surface area contributed by atoms with Crippen molar-refractivity contribution in [3.63, 3.8) is 0 Å². The monoisotopic (exact) mass is 267 g/mol. The Hall–Kier alpha value is -1.91. The predicted molar refractivity (Wildman–Crippen MR) is 69.6 cm³/mol. The Morgan fingerprint density at radius 2 is 2.05 bits per heavy atom. The molecule has 0 aliphatic heterocycles. The van der Waals surface area contributed by atoms with Gasteiger partial charge in [-0.15, -0.1) is 0 Å².